The van der Waals surface area contributed by atoms with Crippen molar-refractivity contribution in [3.05, 3.63) is 0 Å². The van der Waals surface area contributed by atoms with Gasteiger partial charge in [-0.25, -0.2) is 8.42 Å². The van der Waals surface area contributed by atoms with Crippen LogP contribution in [-0.2, 0) is 9.84 Å². The maximum Gasteiger partial charge on any atom is 0.151 e. The molecular weight excluding hydrogens is 248 g/mol. The van der Waals surface area contributed by atoms with Crippen LogP contribution in [0.2, 0.25) is 0 Å². The first-order valence-electron chi connectivity index (χ1n) is 7.17. The molecule has 2 fully saturated rings. The van der Waals surface area contributed by atoms with E-state index in [1.54, 1.807) is 0 Å². The molecule has 0 amide bonds. The Morgan fingerprint density at radius 3 is 2.61 bits per heavy atom. The van der Waals surface area contributed by atoms with Crippen molar-refractivity contribution in [2.45, 2.75) is 38.1 Å². The van der Waals surface area contributed by atoms with Crippen LogP contribution in [0.15, 0.2) is 0 Å². The number of nitrogens with zero attached hydrogens (tertiary/aromatic N) is 1. The Kier molecular flexibility index (Phi) is 5.04. The van der Waals surface area contributed by atoms with Crippen LogP contribution >= 0.6 is 0 Å². The van der Waals surface area contributed by atoms with E-state index in [1.165, 1.54) is 32.4 Å². The predicted molar refractivity (Wildman–Crippen MR) is 74.5 cm³/mol. The molecule has 0 aromatic rings. The Morgan fingerprint density at radius 1 is 1.22 bits per heavy atom. The summed E-state index contributed by atoms with van der Waals surface area (Å²) in [4.78, 5) is 2.39. The standard InChI is InChI=1S/C13H26N2O2S/c1-15-8-5-12(6-9-15)4-7-14-13-3-2-10-18(16,17)11-13/h12-14H,2-11H2,1H3. The third-order valence-electron chi connectivity index (χ3n) is 4.29. The Balaban J connectivity index is 1.63. The zero-order valence-corrected chi connectivity index (χ0v) is 12.2. The summed E-state index contributed by atoms with van der Waals surface area (Å²) < 4.78 is 23.0. The fourth-order valence-corrected chi connectivity index (χ4v) is 4.70. The Bertz CT molecular complexity index is 348. The molecule has 0 saturated carbocycles. The van der Waals surface area contributed by atoms with Crippen molar-refractivity contribution >= 4 is 9.84 Å². The molecule has 0 bridgehead atoms. The van der Waals surface area contributed by atoms with Crippen molar-refractivity contribution in [2.24, 2.45) is 5.92 Å². The van der Waals surface area contributed by atoms with Gasteiger partial charge in [-0.3, -0.25) is 0 Å². The Morgan fingerprint density at radius 2 is 1.94 bits per heavy atom. The van der Waals surface area contributed by atoms with E-state index in [0.29, 0.717) is 11.5 Å². The van der Waals surface area contributed by atoms with Gasteiger partial charge in [-0.2, -0.15) is 0 Å². The zero-order chi connectivity index (χ0) is 13.0. The van der Waals surface area contributed by atoms with Gasteiger partial charge in [-0.1, -0.05) is 0 Å². The van der Waals surface area contributed by atoms with Gasteiger partial charge < -0.3 is 10.2 Å². The maximum atomic E-state index is 11.5. The van der Waals surface area contributed by atoms with Crippen molar-refractivity contribution in [1.82, 2.24) is 10.2 Å². The molecule has 18 heavy (non-hydrogen) atoms. The first-order valence-corrected chi connectivity index (χ1v) is 9.00. The Hall–Kier alpha value is -0.130. The smallest absolute Gasteiger partial charge is 0.151 e. The number of rotatable bonds is 4. The molecule has 1 N–H and O–H groups in total. The fourth-order valence-electron chi connectivity index (χ4n) is 3.03. The van der Waals surface area contributed by atoms with Gasteiger partial charge in [0.25, 0.3) is 0 Å². The van der Waals surface area contributed by atoms with Crippen molar-refractivity contribution in [3.63, 3.8) is 0 Å². The van der Waals surface area contributed by atoms with E-state index in [4.69, 9.17) is 0 Å². The minimum Gasteiger partial charge on any atom is -0.313 e. The maximum absolute atomic E-state index is 11.5. The molecule has 1 unspecified atom stereocenters. The van der Waals surface area contributed by atoms with Crippen LogP contribution in [0.1, 0.15) is 32.1 Å². The monoisotopic (exact) mass is 274 g/mol. The molecule has 0 aromatic carbocycles. The number of piperidine rings is 1. The normalized spacial score (nSPS) is 30.4. The second-order valence-electron chi connectivity index (χ2n) is 5.94. The second kappa shape index (κ2) is 6.35. The summed E-state index contributed by atoms with van der Waals surface area (Å²) in [7, 11) is -0.582. The molecule has 106 valence electrons. The Labute approximate surface area is 111 Å². The third-order valence-corrected chi connectivity index (χ3v) is 6.11. The van der Waals surface area contributed by atoms with Crippen molar-refractivity contribution in [3.8, 4) is 0 Å². The molecule has 2 aliphatic heterocycles. The van der Waals surface area contributed by atoms with Crippen LogP contribution in [0.4, 0.5) is 0 Å². The summed E-state index contributed by atoms with van der Waals surface area (Å²) in [5.41, 5.74) is 0. The van der Waals surface area contributed by atoms with Gasteiger partial charge in [0.2, 0.25) is 0 Å². The summed E-state index contributed by atoms with van der Waals surface area (Å²) >= 11 is 0. The number of nitrogens with one attached hydrogen (secondary N) is 1. The molecule has 5 heteroatoms. The number of sulfone groups is 1. The summed E-state index contributed by atoms with van der Waals surface area (Å²) in [6, 6.07) is 0.204. The van der Waals surface area contributed by atoms with E-state index < -0.39 is 9.84 Å². The van der Waals surface area contributed by atoms with E-state index in [2.05, 4.69) is 17.3 Å². The molecule has 2 rings (SSSR count). The molecule has 2 aliphatic rings. The topological polar surface area (TPSA) is 49.4 Å². The van der Waals surface area contributed by atoms with Gasteiger partial charge in [0.15, 0.2) is 9.84 Å². The third kappa shape index (κ3) is 4.52. The minimum absolute atomic E-state index is 0.204. The summed E-state index contributed by atoms with van der Waals surface area (Å²) in [5, 5.41) is 3.44. The van der Waals surface area contributed by atoms with Crippen molar-refractivity contribution < 1.29 is 8.42 Å². The highest BCUT2D eigenvalue weighted by Gasteiger charge is 2.24. The second-order valence-corrected chi connectivity index (χ2v) is 8.17. The summed E-state index contributed by atoms with van der Waals surface area (Å²) in [6.07, 6.45) is 5.63. The molecule has 0 radical (unpaired) electrons. The molecule has 2 saturated heterocycles. The highest BCUT2D eigenvalue weighted by Crippen LogP contribution is 2.19. The van der Waals surface area contributed by atoms with E-state index in [1.807, 2.05) is 0 Å². The van der Waals surface area contributed by atoms with E-state index >= 15 is 0 Å². The van der Waals surface area contributed by atoms with E-state index in [9.17, 15) is 8.42 Å². The number of hydrogen-bond donors (Lipinski definition) is 1. The summed E-state index contributed by atoms with van der Waals surface area (Å²) in [5.74, 6) is 1.56. The van der Waals surface area contributed by atoms with Gasteiger partial charge >= 0.3 is 0 Å². The van der Waals surface area contributed by atoms with Crippen molar-refractivity contribution in [2.75, 3.05) is 38.2 Å². The molecule has 0 aliphatic carbocycles. The number of hydrogen-bond acceptors (Lipinski definition) is 4. The van der Waals surface area contributed by atoms with E-state index in [-0.39, 0.29) is 6.04 Å². The molecular formula is C13H26N2O2S. The average molecular weight is 274 g/mol. The average Bonchev–Trinajstić information content (AvgIpc) is 2.30. The lowest BCUT2D eigenvalue weighted by atomic mass is 9.94. The lowest BCUT2D eigenvalue weighted by molar-refractivity contribution is 0.210. The largest absolute Gasteiger partial charge is 0.313 e. The quantitative estimate of drug-likeness (QED) is 0.827. The van der Waals surface area contributed by atoms with Crippen LogP contribution in [0.3, 0.4) is 0 Å². The van der Waals surface area contributed by atoms with Crippen LogP contribution in [0.5, 0.6) is 0 Å². The highest BCUT2D eigenvalue weighted by atomic mass is 32.2. The van der Waals surface area contributed by atoms with Crippen LogP contribution in [0, 0.1) is 5.92 Å². The van der Waals surface area contributed by atoms with Gasteiger partial charge in [0.1, 0.15) is 0 Å². The van der Waals surface area contributed by atoms with Gasteiger partial charge in [-0.15, -0.1) is 0 Å². The van der Waals surface area contributed by atoms with Gasteiger partial charge in [0.05, 0.1) is 11.5 Å². The van der Waals surface area contributed by atoms with Crippen molar-refractivity contribution in [1.29, 1.82) is 0 Å². The van der Waals surface area contributed by atoms with Gasteiger partial charge in [0, 0.05) is 6.04 Å². The first kappa shape index (κ1) is 14.3. The highest BCUT2D eigenvalue weighted by molar-refractivity contribution is 7.91. The first-order chi connectivity index (χ1) is 8.55. The van der Waals surface area contributed by atoms with Crippen LogP contribution < -0.4 is 5.32 Å². The molecule has 4 nitrogen and oxygen atoms in total. The van der Waals surface area contributed by atoms with Gasteiger partial charge in [-0.05, 0) is 64.7 Å². The molecule has 1 atom stereocenters. The SMILES string of the molecule is CN1CCC(CCNC2CCCS(=O)(=O)C2)CC1. The lowest BCUT2D eigenvalue weighted by Gasteiger charge is -2.30. The summed E-state index contributed by atoms with van der Waals surface area (Å²) in [6.45, 7) is 3.40. The molecule has 2 heterocycles. The van der Waals surface area contributed by atoms with Crippen LogP contribution in [-0.4, -0.2) is 57.5 Å². The predicted octanol–water partition coefficient (Wildman–Crippen LogP) is 0.885. The zero-order valence-electron chi connectivity index (χ0n) is 11.4. The van der Waals surface area contributed by atoms with Crippen LogP contribution in [0.25, 0.3) is 0 Å². The lowest BCUT2D eigenvalue weighted by Crippen LogP contribution is -2.41. The number of likely N-dealkylation sites (tertiary alicyclic amines) is 1. The molecule has 0 aromatic heterocycles. The fraction of sp³-hybridized carbons (Fsp3) is 1.00. The van der Waals surface area contributed by atoms with E-state index in [0.717, 1.165) is 25.3 Å². The molecule has 0 spiro atoms. The minimum atomic E-state index is -2.76.